The molecule has 24 heteroatoms. The van der Waals surface area contributed by atoms with Crippen molar-refractivity contribution in [1.29, 1.82) is 0 Å². The first-order chi connectivity index (χ1) is 24.5. The van der Waals surface area contributed by atoms with Gasteiger partial charge in [0.05, 0.1) is 69.9 Å². The Morgan fingerprint density at radius 2 is 0.467 bits per heavy atom. The van der Waals surface area contributed by atoms with Crippen LogP contribution in [-0.2, 0) is 62.8 Å². The molecule has 0 radical (unpaired) electrons. The normalized spacial score (nSPS) is 11.6. The standard InChI is InChI=1S/2C14H32P2.2C3H6O.2CHF3O3S.2Ni.2H2O/c2*1-11(2)15(12(3)4)9-10-16(13(5)6)14(7)8;2*1-3(2)4;2*2-1(3,4)8(5,6)7;;;;/h2*11-14H,9-10H2,1-8H3;2*1-2H3;2*(H,5,6,7);;;2*1H2/q;;;;;;2*+2;;. The molecule has 0 spiro atoms. The van der Waals surface area contributed by atoms with Crippen LogP contribution in [0.5, 0.6) is 0 Å². The average Bonchev–Trinajstić information content (AvgIpc) is 2.89. The monoisotopic (exact) mass is 1090 g/mol. The van der Waals surface area contributed by atoms with Gasteiger partial charge in [0.2, 0.25) is 0 Å². The molecule has 0 saturated heterocycles. The van der Waals surface area contributed by atoms with Crippen LogP contribution < -0.4 is 0 Å². The minimum Gasteiger partial charge on any atom is -0.870 e. The van der Waals surface area contributed by atoms with Gasteiger partial charge in [0.1, 0.15) is 11.6 Å². The van der Waals surface area contributed by atoms with E-state index >= 15 is 0 Å². The van der Waals surface area contributed by atoms with Crippen LogP contribution in [0.4, 0.5) is 26.3 Å². The number of carbonyl (C=O) groups excluding carboxylic acids is 2. The summed E-state index contributed by atoms with van der Waals surface area (Å²) in [6.07, 6.45) is 6.24. The molecule has 0 aromatic rings. The number of Topliss-reactive ketones (excluding diaryl/α,β-unsaturated/α-hetero) is 2. The number of hydrogen-bond donors (Lipinski definition) is 0. The van der Waals surface area contributed by atoms with Crippen LogP contribution in [0, 0.1) is 0 Å². The second-order valence-electron chi connectivity index (χ2n) is 16.2. The molecule has 0 aliphatic rings. The maximum atomic E-state index is 10.7. The maximum Gasteiger partial charge on any atom is 2.00 e. The summed E-state index contributed by atoms with van der Waals surface area (Å²) in [5, 5.41) is 0. The van der Waals surface area contributed by atoms with Gasteiger partial charge in [-0.2, -0.15) is 26.3 Å². The van der Waals surface area contributed by atoms with E-state index in [1.54, 1.807) is 24.6 Å². The van der Waals surface area contributed by atoms with E-state index in [1.807, 2.05) is 0 Å². The van der Waals surface area contributed by atoms with Crippen LogP contribution in [0.25, 0.3) is 0 Å². The Hall–Kier alpha value is 1.37. The van der Waals surface area contributed by atoms with Crippen molar-refractivity contribution in [2.45, 2.75) is 195 Å². The van der Waals surface area contributed by atoms with Gasteiger partial charge in [0, 0.05) is 31.7 Å². The van der Waals surface area contributed by atoms with Gasteiger partial charge in [0.15, 0.2) is 20.2 Å². The van der Waals surface area contributed by atoms with E-state index in [2.05, 4.69) is 111 Å². The van der Waals surface area contributed by atoms with Crippen molar-refractivity contribution in [3.63, 3.8) is 0 Å². The van der Waals surface area contributed by atoms with Crippen LogP contribution >= 0.6 is 31.7 Å². The topological polar surface area (TPSA) is 209 Å². The van der Waals surface area contributed by atoms with E-state index in [0.29, 0.717) is 0 Å². The summed E-state index contributed by atoms with van der Waals surface area (Å²) >= 11 is 0. The van der Waals surface area contributed by atoms with Gasteiger partial charge in [-0.1, -0.05) is 0 Å². The van der Waals surface area contributed by atoms with E-state index < -0.39 is 31.3 Å². The predicted octanol–water partition coefficient (Wildman–Crippen LogP) is 11.0. The summed E-state index contributed by atoms with van der Waals surface area (Å²) in [6, 6.07) is 0. The summed E-state index contributed by atoms with van der Waals surface area (Å²) in [6.45, 7) is 45.1. The molecule has 0 aromatic heterocycles. The maximum absolute atomic E-state index is 10.7. The minimum absolute atomic E-state index is 0. The number of hydrogen-bond acceptors (Lipinski definition) is 10. The van der Waals surface area contributed by atoms with Crippen molar-refractivity contribution in [1.82, 2.24) is 0 Å². The van der Waals surface area contributed by atoms with Crippen LogP contribution in [0.1, 0.15) is 138 Å². The zero-order chi connectivity index (χ0) is 46.9. The molecule has 0 amide bonds. The fourth-order valence-corrected chi connectivity index (χ4v) is 20.1. The number of alkyl halides is 6. The minimum atomic E-state index is -6.09. The van der Waals surface area contributed by atoms with Crippen molar-refractivity contribution in [2.75, 3.05) is 24.6 Å². The van der Waals surface area contributed by atoms with E-state index in [-0.39, 0.29) is 87.2 Å². The van der Waals surface area contributed by atoms with Gasteiger partial charge in [-0.3, -0.25) is 0 Å². The van der Waals surface area contributed by atoms with Gasteiger partial charge < -0.3 is 29.6 Å². The van der Waals surface area contributed by atoms with Gasteiger partial charge in [-0.05, 0) is 138 Å². The molecule has 0 aliphatic carbocycles. The molecule has 376 valence electrons. The Bertz CT molecular complexity index is 1070. The van der Waals surface area contributed by atoms with Crippen molar-refractivity contribution in [3.8, 4) is 0 Å². The molecule has 0 aliphatic heterocycles. The van der Waals surface area contributed by atoms with E-state index in [0.717, 1.165) is 45.3 Å². The molecule has 0 bridgehead atoms. The second-order valence-corrected chi connectivity index (χ2v) is 34.7. The molecular formula is C36H82F6Ni2O10P4S2+4. The van der Waals surface area contributed by atoms with Gasteiger partial charge >= 0.3 is 44.0 Å². The first-order valence-electron chi connectivity index (χ1n) is 18.9. The molecule has 0 heterocycles. The largest absolute Gasteiger partial charge is 2.00 e. The Morgan fingerprint density at radius 1 is 0.400 bits per heavy atom. The number of rotatable bonds is 14. The molecule has 0 rings (SSSR count). The fraction of sp³-hybridized carbons (Fsp3) is 0.944. The zero-order valence-corrected chi connectivity index (χ0v) is 46.9. The van der Waals surface area contributed by atoms with Crippen molar-refractivity contribution < 1.29 is 106 Å². The van der Waals surface area contributed by atoms with Crippen LogP contribution in [0.3, 0.4) is 0 Å². The molecule has 0 unspecified atom stereocenters. The number of carbonyl (C=O) groups is 2. The molecule has 0 fully saturated rings. The van der Waals surface area contributed by atoms with Crippen LogP contribution in [0.2, 0.25) is 0 Å². The van der Waals surface area contributed by atoms with Gasteiger partial charge in [-0.25, -0.2) is 16.8 Å². The number of halogens is 6. The molecule has 2 N–H and O–H groups in total. The number of ketones is 2. The molecule has 0 saturated carbocycles. The van der Waals surface area contributed by atoms with Gasteiger partial charge in [-0.15, -0.1) is 0 Å². The Labute approximate surface area is 386 Å². The first kappa shape index (κ1) is 84.8. The fourth-order valence-electron chi connectivity index (χ4n) is 5.55. The Balaban J connectivity index is -0.0000000661. The third-order valence-electron chi connectivity index (χ3n) is 7.90. The summed E-state index contributed by atoms with van der Waals surface area (Å²) in [5.41, 5.74) is -3.68. The van der Waals surface area contributed by atoms with Crippen molar-refractivity contribution in [3.05, 3.63) is 0 Å². The van der Waals surface area contributed by atoms with E-state index in [4.69, 9.17) is 25.9 Å². The van der Waals surface area contributed by atoms with Gasteiger partial charge in [0.25, 0.3) is 0 Å². The summed E-state index contributed by atoms with van der Waals surface area (Å²) < 4.78 is 118. The molecule has 10 nitrogen and oxygen atoms in total. The SMILES string of the molecule is CC(C)=O.CC(C)=O.CC(C)[PH+](CC[PH+](C(C)C)C(C)C)C(C)C.CC(C)[PH+](CC[PH+](C(C)C)C(C)C)C(C)C.O=S(=O)([O-])C(F)(F)F.O=S(=O)([O-])C(F)(F)F.[Ni+2].[Ni+2].[OH-].[OH-]. The van der Waals surface area contributed by atoms with Crippen molar-refractivity contribution >= 4 is 63.5 Å². The Kier molecular flexibility index (Phi) is 59.0. The summed E-state index contributed by atoms with van der Waals surface area (Å²) in [4.78, 5) is 18.9. The molecule has 60 heavy (non-hydrogen) atoms. The first-order valence-corrected chi connectivity index (χ1v) is 29.2. The smallest absolute Gasteiger partial charge is 0.870 e. The zero-order valence-electron chi connectivity index (χ0n) is 39.3. The molecule has 0 atom stereocenters. The quantitative estimate of drug-likeness (QED) is 0.0528. The molecular weight excluding hydrogens is 1010 g/mol. The third kappa shape index (κ3) is 53.7. The van der Waals surface area contributed by atoms with E-state index in [1.165, 1.54) is 27.7 Å². The summed E-state index contributed by atoms with van der Waals surface area (Å²) in [5.74, 6) is 0.333. The predicted molar refractivity (Wildman–Crippen MR) is 242 cm³/mol. The van der Waals surface area contributed by atoms with Crippen molar-refractivity contribution in [2.24, 2.45) is 0 Å². The van der Waals surface area contributed by atoms with Crippen LogP contribution in [0.15, 0.2) is 0 Å². The van der Waals surface area contributed by atoms with Crippen LogP contribution in [-0.4, -0.2) is 129 Å². The third-order valence-corrected chi connectivity index (χ3v) is 25.2. The summed E-state index contributed by atoms with van der Waals surface area (Å²) in [7, 11) is -12.6. The second kappa shape index (κ2) is 41.8. The average molecular weight is 1090 g/mol. The van der Waals surface area contributed by atoms with E-state index in [9.17, 15) is 35.9 Å². The Morgan fingerprint density at radius 3 is 0.500 bits per heavy atom. The molecule has 0 aromatic carbocycles.